The van der Waals surface area contributed by atoms with Gasteiger partial charge in [0.15, 0.2) is 5.13 Å². The first-order valence-electron chi connectivity index (χ1n) is 8.54. The van der Waals surface area contributed by atoms with Crippen molar-refractivity contribution >= 4 is 45.7 Å². The molecule has 0 aliphatic heterocycles. The zero-order valence-corrected chi connectivity index (χ0v) is 16.2. The molecule has 0 bridgehead atoms. The third-order valence-electron chi connectivity index (χ3n) is 3.85. The number of nitrogens with zero attached hydrogens (tertiary/aromatic N) is 2. The van der Waals surface area contributed by atoms with Crippen LogP contribution in [0, 0.1) is 6.92 Å². The molecule has 0 fully saturated rings. The van der Waals surface area contributed by atoms with Gasteiger partial charge in [0.2, 0.25) is 11.8 Å². The molecule has 0 saturated heterocycles. The Morgan fingerprint density at radius 2 is 1.93 bits per heavy atom. The molecule has 28 heavy (non-hydrogen) atoms. The van der Waals surface area contributed by atoms with E-state index in [1.165, 1.54) is 29.2 Å². The summed E-state index contributed by atoms with van der Waals surface area (Å²) in [6.07, 6.45) is 2.89. The number of amides is 2. The van der Waals surface area contributed by atoms with E-state index in [0.29, 0.717) is 16.5 Å². The lowest BCUT2D eigenvalue weighted by atomic mass is 10.2. The topological polar surface area (TPSA) is 82.5 Å². The number of aromatic nitrogens is 1. The highest BCUT2D eigenvalue weighted by Crippen LogP contribution is 2.29. The summed E-state index contributed by atoms with van der Waals surface area (Å²) in [5, 5.41) is 14.8. The lowest BCUT2D eigenvalue weighted by Gasteiger charge is -2.17. The number of rotatable bonds is 5. The quantitative estimate of drug-likeness (QED) is 0.494. The Kier molecular flexibility index (Phi) is 5.86. The molecule has 3 rings (SSSR count). The normalized spacial score (nSPS) is 10.8. The number of para-hydroxylation sites is 1. The fourth-order valence-corrected chi connectivity index (χ4v) is 3.40. The second-order valence-electron chi connectivity index (χ2n) is 6.09. The van der Waals surface area contributed by atoms with Gasteiger partial charge in [0.1, 0.15) is 5.75 Å². The maximum atomic E-state index is 12.1. The fourth-order valence-electron chi connectivity index (χ4n) is 2.54. The summed E-state index contributed by atoms with van der Waals surface area (Å²) >= 11 is 1.31. The Balaban J connectivity index is 1.72. The number of thiazole rings is 1. The summed E-state index contributed by atoms with van der Waals surface area (Å²) in [5.41, 5.74) is 2.53. The molecular weight excluding hydrogens is 374 g/mol. The molecule has 0 atom stereocenters. The molecule has 142 valence electrons. The average molecular weight is 393 g/mol. The van der Waals surface area contributed by atoms with Gasteiger partial charge in [-0.05, 0) is 42.8 Å². The van der Waals surface area contributed by atoms with Gasteiger partial charge >= 0.3 is 0 Å². The standard InChI is InChI=1S/C21H19N3O3S/c1-14-8-10-18(19(26)12-14)23-20(27)11-9-16-13-28-21(22-16)24(15(2)25)17-6-4-3-5-7-17/h3-13,26H,1-2H3,(H,23,27)/b11-9+. The van der Waals surface area contributed by atoms with Crippen LogP contribution < -0.4 is 10.2 Å². The zero-order chi connectivity index (χ0) is 20.1. The number of phenolic OH excluding ortho intramolecular Hbond substituents is 1. The first kappa shape index (κ1) is 19.3. The van der Waals surface area contributed by atoms with Crippen LogP contribution in [0.4, 0.5) is 16.5 Å². The van der Waals surface area contributed by atoms with Crippen molar-refractivity contribution in [3.8, 4) is 5.75 Å². The summed E-state index contributed by atoms with van der Waals surface area (Å²) in [6.45, 7) is 3.33. The predicted molar refractivity (Wildman–Crippen MR) is 112 cm³/mol. The Bertz CT molecular complexity index is 1030. The van der Waals surface area contributed by atoms with E-state index in [1.54, 1.807) is 29.7 Å². The molecule has 3 aromatic rings. The van der Waals surface area contributed by atoms with E-state index in [2.05, 4.69) is 10.3 Å². The van der Waals surface area contributed by atoms with Crippen LogP contribution in [0.15, 0.2) is 60.0 Å². The lowest BCUT2D eigenvalue weighted by molar-refractivity contribution is -0.116. The van der Waals surface area contributed by atoms with E-state index in [9.17, 15) is 14.7 Å². The summed E-state index contributed by atoms with van der Waals surface area (Å²) in [7, 11) is 0. The minimum atomic E-state index is -0.389. The molecule has 2 N–H and O–H groups in total. The van der Waals surface area contributed by atoms with E-state index < -0.39 is 0 Å². The number of hydrogen-bond donors (Lipinski definition) is 2. The Hall–Kier alpha value is -3.45. The van der Waals surface area contributed by atoms with Gasteiger partial charge in [0, 0.05) is 18.4 Å². The fraction of sp³-hybridized carbons (Fsp3) is 0.0952. The van der Waals surface area contributed by atoms with Gasteiger partial charge in [-0.25, -0.2) is 4.98 Å². The average Bonchev–Trinajstić information content (AvgIpc) is 3.11. The SMILES string of the molecule is CC(=O)N(c1ccccc1)c1nc(/C=C/C(=O)Nc2ccc(C)cc2O)cs1. The molecule has 1 aromatic heterocycles. The van der Waals surface area contributed by atoms with Crippen molar-refractivity contribution in [2.24, 2.45) is 0 Å². The summed E-state index contributed by atoms with van der Waals surface area (Å²) in [4.78, 5) is 30.1. The van der Waals surface area contributed by atoms with E-state index in [0.717, 1.165) is 11.3 Å². The van der Waals surface area contributed by atoms with Crippen molar-refractivity contribution in [2.45, 2.75) is 13.8 Å². The monoisotopic (exact) mass is 393 g/mol. The molecule has 0 saturated carbocycles. The first-order valence-corrected chi connectivity index (χ1v) is 9.42. The van der Waals surface area contributed by atoms with Crippen LogP contribution in [0.2, 0.25) is 0 Å². The lowest BCUT2D eigenvalue weighted by Crippen LogP contribution is -2.22. The number of benzene rings is 2. The van der Waals surface area contributed by atoms with Crippen molar-refractivity contribution in [3.05, 3.63) is 71.2 Å². The van der Waals surface area contributed by atoms with Gasteiger partial charge < -0.3 is 10.4 Å². The highest BCUT2D eigenvalue weighted by Gasteiger charge is 2.17. The van der Waals surface area contributed by atoms with Gasteiger partial charge in [-0.15, -0.1) is 11.3 Å². The minimum Gasteiger partial charge on any atom is -0.506 e. The highest BCUT2D eigenvalue weighted by atomic mass is 32.1. The summed E-state index contributed by atoms with van der Waals surface area (Å²) in [5.74, 6) is -0.526. The van der Waals surface area contributed by atoms with Gasteiger partial charge in [0.05, 0.1) is 17.1 Å². The molecule has 0 radical (unpaired) electrons. The molecule has 0 aliphatic rings. The molecule has 6 nitrogen and oxygen atoms in total. The number of aryl methyl sites for hydroxylation is 1. The largest absolute Gasteiger partial charge is 0.506 e. The van der Waals surface area contributed by atoms with Crippen molar-refractivity contribution in [2.75, 3.05) is 10.2 Å². The third-order valence-corrected chi connectivity index (χ3v) is 4.69. The molecule has 7 heteroatoms. The molecule has 0 spiro atoms. The van der Waals surface area contributed by atoms with E-state index in [4.69, 9.17) is 0 Å². The maximum Gasteiger partial charge on any atom is 0.248 e. The Morgan fingerprint density at radius 1 is 1.18 bits per heavy atom. The minimum absolute atomic E-state index is 0.0117. The first-order chi connectivity index (χ1) is 13.4. The molecule has 1 heterocycles. The maximum absolute atomic E-state index is 12.1. The second-order valence-corrected chi connectivity index (χ2v) is 6.92. The van der Waals surface area contributed by atoms with Gasteiger partial charge in [-0.3, -0.25) is 14.5 Å². The van der Waals surface area contributed by atoms with Crippen LogP contribution in [-0.2, 0) is 9.59 Å². The molecular formula is C21H19N3O3S. The molecule has 2 aromatic carbocycles. The van der Waals surface area contributed by atoms with Crippen LogP contribution in [0.3, 0.4) is 0 Å². The number of carbonyl (C=O) groups excluding carboxylic acids is 2. The molecule has 2 amide bonds. The second kappa shape index (κ2) is 8.49. The molecule has 0 unspecified atom stereocenters. The van der Waals surface area contributed by atoms with Crippen molar-refractivity contribution in [3.63, 3.8) is 0 Å². The van der Waals surface area contributed by atoms with E-state index in [1.807, 2.05) is 37.3 Å². The molecule has 0 aliphatic carbocycles. The van der Waals surface area contributed by atoms with Gasteiger partial charge in [0.25, 0.3) is 0 Å². The zero-order valence-electron chi connectivity index (χ0n) is 15.4. The number of hydrogen-bond acceptors (Lipinski definition) is 5. The number of nitrogens with one attached hydrogen (secondary N) is 1. The van der Waals surface area contributed by atoms with E-state index >= 15 is 0 Å². The predicted octanol–water partition coefficient (Wildman–Crippen LogP) is 4.49. The van der Waals surface area contributed by atoms with Crippen molar-refractivity contribution in [1.29, 1.82) is 0 Å². The Labute approximate surface area is 166 Å². The number of anilines is 3. The van der Waals surface area contributed by atoms with Crippen LogP contribution in [0.25, 0.3) is 6.08 Å². The smallest absolute Gasteiger partial charge is 0.248 e. The van der Waals surface area contributed by atoms with Crippen molar-refractivity contribution < 1.29 is 14.7 Å². The Morgan fingerprint density at radius 3 is 2.61 bits per heavy atom. The van der Waals surface area contributed by atoms with Crippen molar-refractivity contribution in [1.82, 2.24) is 4.98 Å². The van der Waals surface area contributed by atoms with Crippen LogP contribution >= 0.6 is 11.3 Å². The van der Waals surface area contributed by atoms with Crippen LogP contribution in [-0.4, -0.2) is 21.9 Å². The van der Waals surface area contributed by atoms with E-state index in [-0.39, 0.29) is 17.6 Å². The number of aromatic hydroxyl groups is 1. The van der Waals surface area contributed by atoms with Crippen LogP contribution in [0.5, 0.6) is 5.75 Å². The van der Waals surface area contributed by atoms with Crippen LogP contribution in [0.1, 0.15) is 18.2 Å². The number of carbonyl (C=O) groups is 2. The summed E-state index contributed by atoms with van der Waals surface area (Å²) in [6, 6.07) is 14.3. The van der Waals surface area contributed by atoms with Gasteiger partial charge in [-0.1, -0.05) is 24.3 Å². The highest BCUT2D eigenvalue weighted by molar-refractivity contribution is 7.14. The summed E-state index contributed by atoms with van der Waals surface area (Å²) < 4.78 is 0. The third kappa shape index (κ3) is 4.63. The number of phenols is 1. The van der Waals surface area contributed by atoms with Gasteiger partial charge in [-0.2, -0.15) is 0 Å².